The fourth-order valence-electron chi connectivity index (χ4n) is 3.80. The quantitative estimate of drug-likeness (QED) is 0.420. The summed E-state index contributed by atoms with van der Waals surface area (Å²) in [7, 11) is 0. The van der Waals surface area contributed by atoms with E-state index in [-0.39, 0.29) is 18.1 Å². The second kappa shape index (κ2) is 9.72. The molecule has 0 fully saturated rings. The Morgan fingerprint density at radius 2 is 2.00 bits per heavy atom. The van der Waals surface area contributed by atoms with Gasteiger partial charge in [-0.05, 0) is 45.7 Å². The Morgan fingerprint density at radius 1 is 1.34 bits per heavy atom. The van der Waals surface area contributed by atoms with Gasteiger partial charge in [-0.3, -0.25) is 4.90 Å². The molecule has 1 aliphatic rings. The van der Waals surface area contributed by atoms with Crippen LogP contribution in [0.2, 0.25) is 10.0 Å². The summed E-state index contributed by atoms with van der Waals surface area (Å²) < 4.78 is 11.3. The number of hydrogen-bond donors (Lipinski definition) is 0. The molecule has 1 atom stereocenters. The van der Waals surface area contributed by atoms with Crippen molar-refractivity contribution in [1.82, 2.24) is 10.1 Å². The van der Waals surface area contributed by atoms with E-state index in [2.05, 4.69) is 31.7 Å². The first-order chi connectivity index (χ1) is 15.0. The van der Waals surface area contributed by atoms with Gasteiger partial charge in [0, 0.05) is 23.6 Å². The first kappa shape index (κ1) is 24.4. The highest BCUT2D eigenvalue weighted by Crippen LogP contribution is 2.39. The van der Waals surface area contributed by atoms with E-state index in [9.17, 15) is 4.79 Å². The van der Waals surface area contributed by atoms with Gasteiger partial charge in [0.1, 0.15) is 17.1 Å². The van der Waals surface area contributed by atoms with E-state index < -0.39 is 5.60 Å². The number of benzene rings is 1. The van der Waals surface area contributed by atoms with E-state index in [1.165, 1.54) is 5.57 Å². The van der Waals surface area contributed by atoms with Gasteiger partial charge in [-0.2, -0.15) is 0 Å². The molecule has 0 spiro atoms. The Balaban J connectivity index is 1.94. The van der Waals surface area contributed by atoms with Crippen LogP contribution in [0.15, 0.2) is 47.0 Å². The van der Waals surface area contributed by atoms with Crippen LogP contribution in [-0.2, 0) is 11.2 Å². The van der Waals surface area contributed by atoms with E-state index in [1.807, 2.05) is 20.8 Å². The van der Waals surface area contributed by atoms with E-state index in [1.54, 1.807) is 29.2 Å². The van der Waals surface area contributed by atoms with Crippen LogP contribution in [0.3, 0.4) is 0 Å². The molecule has 1 aromatic carbocycles. The molecule has 0 N–H and O–H groups in total. The maximum absolute atomic E-state index is 12.6. The zero-order valence-corrected chi connectivity index (χ0v) is 20.8. The summed E-state index contributed by atoms with van der Waals surface area (Å²) >= 11 is 12.9. The van der Waals surface area contributed by atoms with Crippen molar-refractivity contribution < 1.29 is 14.1 Å². The summed E-state index contributed by atoms with van der Waals surface area (Å²) in [6.07, 6.45) is 4.82. The van der Waals surface area contributed by atoms with Crippen LogP contribution < -0.4 is 0 Å². The minimum Gasteiger partial charge on any atom is -0.444 e. The molecule has 7 heteroatoms. The molecule has 2 aromatic rings. The molecule has 0 saturated heterocycles. The lowest BCUT2D eigenvalue weighted by Gasteiger charge is -2.34. The van der Waals surface area contributed by atoms with Gasteiger partial charge in [0.05, 0.1) is 16.1 Å². The Bertz CT molecular complexity index is 1010. The van der Waals surface area contributed by atoms with Gasteiger partial charge in [-0.15, -0.1) is 6.58 Å². The minimum atomic E-state index is -0.551. The van der Waals surface area contributed by atoms with Crippen LogP contribution in [0.1, 0.15) is 58.3 Å². The topological polar surface area (TPSA) is 55.6 Å². The van der Waals surface area contributed by atoms with Gasteiger partial charge in [0.25, 0.3) is 0 Å². The second-order valence-electron chi connectivity index (χ2n) is 9.28. The van der Waals surface area contributed by atoms with Crippen molar-refractivity contribution in [2.75, 3.05) is 6.54 Å². The van der Waals surface area contributed by atoms with Gasteiger partial charge in [-0.1, -0.05) is 66.0 Å². The van der Waals surface area contributed by atoms with Crippen molar-refractivity contribution in [3.63, 3.8) is 0 Å². The van der Waals surface area contributed by atoms with Crippen molar-refractivity contribution in [1.29, 1.82) is 0 Å². The molecule has 1 aliphatic heterocycles. The first-order valence-electron chi connectivity index (χ1n) is 10.8. The minimum absolute atomic E-state index is 0.144. The molecule has 3 rings (SSSR count). The number of carbonyl (C=O) groups excluding carboxylic acids is 1. The molecule has 0 bridgehead atoms. The molecule has 0 saturated carbocycles. The maximum Gasteiger partial charge on any atom is 0.411 e. The number of carbonyl (C=O) groups is 1. The van der Waals surface area contributed by atoms with Gasteiger partial charge in [-0.25, -0.2) is 4.79 Å². The van der Waals surface area contributed by atoms with E-state index in [0.29, 0.717) is 40.7 Å². The molecule has 1 aromatic heterocycles. The number of aromatic nitrogens is 1. The Hall–Kier alpha value is -2.24. The third kappa shape index (κ3) is 5.38. The number of rotatable bonds is 5. The van der Waals surface area contributed by atoms with Crippen LogP contribution in [0.25, 0.3) is 11.3 Å². The zero-order chi connectivity index (χ0) is 23.6. The molecule has 0 aliphatic carbocycles. The predicted molar refractivity (Wildman–Crippen MR) is 129 cm³/mol. The molecule has 0 radical (unpaired) electrons. The fourth-order valence-corrected chi connectivity index (χ4v) is 4.37. The largest absolute Gasteiger partial charge is 0.444 e. The van der Waals surface area contributed by atoms with Gasteiger partial charge >= 0.3 is 6.09 Å². The fraction of sp³-hybridized carbons (Fsp3) is 0.440. The number of ether oxygens (including phenoxy) is 1. The third-order valence-corrected chi connectivity index (χ3v) is 5.89. The lowest BCUT2D eigenvalue weighted by molar-refractivity contribution is 0.0221. The molecule has 32 heavy (non-hydrogen) atoms. The highest BCUT2D eigenvalue weighted by molar-refractivity contribution is 6.39. The van der Waals surface area contributed by atoms with Crippen molar-refractivity contribution >= 4 is 29.3 Å². The first-order valence-corrected chi connectivity index (χ1v) is 11.5. The van der Waals surface area contributed by atoms with E-state index in [4.69, 9.17) is 32.5 Å². The number of amides is 1. The highest BCUT2D eigenvalue weighted by Gasteiger charge is 2.30. The second-order valence-corrected chi connectivity index (χ2v) is 10.1. The Morgan fingerprint density at radius 3 is 2.56 bits per heavy atom. The molecule has 0 unspecified atom stereocenters. The summed E-state index contributed by atoms with van der Waals surface area (Å²) in [5.41, 5.74) is 2.92. The maximum atomic E-state index is 12.6. The van der Waals surface area contributed by atoms with Crippen molar-refractivity contribution in [2.45, 2.75) is 65.0 Å². The molecule has 1 amide bonds. The zero-order valence-electron chi connectivity index (χ0n) is 19.2. The van der Waals surface area contributed by atoms with Crippen LogP contribution in [0.4, 0.5) is 4.79 Å². The van der Waals surface area contributed by atoms with Gasteiger partial charge in [0.15, 0.2) is 0 Å². The third-order valence-electron chi connectivity index (χ3n) is 5.26. The lowest BCUT2D eigenvalue weighted by atomic mass is 9.91. The lowest BCUT2D eigenvalue weighted by Crippen LogP contribution is -2.44. The summed E-state index contributed by atoms with van der Waals surface area (Å²) in [5.74, 6) is 0.951. The molecule has 172 valence electrons. The van der Waals surface area contributed by atoms with Crippen LogP contribution >= 0.6 is 23.2 Å². The van der Waals surface area contributed by atoms with Crippen LogP contribution in [0.5, 0.6) is 0 Å². The van der Waals surface area contributed by atoms with Crippen molar-refractivity contribution in [3.8, 4) is 11.3 Å². The summed E-state index contributed by atoms with van der Waals surface area (Å²) in [6.45, 7) is 14.2. The predicted octanol–water partition coefficient (Wildman–Crippen LogP) is 7.44. The molecule has 2 heterocycles. The Kier molecular flexibility index (Phi) is 7.41. The molecule has 5 nitrogen and oxygen atoms in total. The number of nitrogens with zero attached hydrogens (tertiary/aromatic N) is 2. The highest BCUT2D eigenvalue weighted by atomic mass is 35.5. The molecular formula is C25H30Cl2N2O3. The summed E-state index contributed by atoms with van der Waals surface area (Å²) in [4.78, 5) is 14.3. The van der Waals surface area contributed by atoms with Crippen molar-refractivity contribution in [2.24, 2.45) is 0 Å². The summed E-state index contributed by atoms with van der Waals surface area (Å²) in [5, 5.41) is 5.40. The van der Waals surface area contributed by atoms with Crippen LogP contribution in [0, 0.1) is 0 Å². The van der Waals surface area contributed by atoms with E-state index >= 15 is 0 Å². The SMILES string of the molecule is C=C[C@@H]1C=C(Cc2c(-c3c(Cl)cccc3Cl)noc2C(C)C)CCN1C(=O)OC(C)(C)C. The average molecular weight is 477 g/mol. The van der Waals surface area contributed by atoms with Gasteiger partial charge in [0.2, 0.25) is 0 Å². The Labute approximate surface area is 200 Å². The summed E-state index contributed by atoms with van der Waals surface area (Å²) in [6, 6.07) is 5.15. The number of hydrogen-bond acceptors (Lipinski definition) is 4. The standard InChI is InChI=1S/C25H30Cl2N2O3/c1-7-17-13-16(11-12-29(17)24(30)31-25(4,5)6)14-18-22(28-32-23(18)15(2)3)21-19(26)9-8-10-20(21)27/h7-10,13,15,17H,1,11-12,14H2,2-6H3/t17-/m1/s1. The van der Waals surface area contributed by atoms with E-state index in [0.717, 1.165) is 11.3 Å². The monoisotopic (exact) mass is 476 g/mol. The normalized spacial score (nSPS) is 16.8. The molecular weight excluding hydrogens is 447 g/mol. The average Bonchev–Trinajstić information content (AvgIpc) is 3.09. The van der Waals surface area contributed by atoms with Crippen molar-refractivity contribution in [3.05, 3.63) is 63.9 Å². The van der Waals surface area contributed by atoms with Gasteiger partial charge < -0.3 is 9.26 Å². The van der Waals surface area contributed by atoms with Crippen LogP contribution in [-0.4, -0.2) is 34.3 Å². The number of halogens is 2. The smallest absolute Gasteiger partial charge is 0.411 e.